The first-order chi connectivity index (χ1) is 27.1. The van der Waals surface area contributed by atoms with E-state index in [9.17, 15) is 0 Å². The third-order valence-corrected chi connectivity index (χ3v) is 10.3. The summed E-state index contributed by atoms with van der Waals surface area (Å²) in [5, 5.41) is 0. The Labute approximate surface area is 331 Å². The lowest BCUT2D eigenvalue weighted by molar-refractivity contribution is -1.92. The van der Waals surface area contributed by atoms with Gasteiger partial charge in [0.1, 0.15) is 23.4 Å². The average Bonchev–Trinajstić information content (AvgIpc) is 3.20. The van der Waals surface area contributed by atoms with E-state index in [1.54, 1.807) is 0 Å². The highest BCUT2D eigenvalue weighted by Crippen LogP contribution is 2.46. The molecule has 2 aliphatic carbocycles. The molecular weight excluding hydrogens is 720 g/mol. The minimum atomic E-state index is -4.69. The quantitative estimate of drug-likeness (QED) is 0.189. The molecule has 3 unspecified atom stereocenters. The third-order valence-electron chi connectivity index (χ3n) is 10.3. The van der Waals surface area contributed by atoms with Crippen molar-refractivity contribution in [1.82, 2.24) is 0 Å². The van der Waals surface area contributed by atoms with E-state index >= 15 is 0 Å². The van der Waals surface area contributed by atoms with Crippen molar-refractivity contribution in [2.24, 2.45) is 11.8 Å². The number of rotatable bonds is 7. The van der Waals surface area contributed by atoms with Crippen molar-refractivity contribution in [3.8, 4) is 0 Å². The molecule has 0 aromatic heterocycles. The predicted octanol–water partition coefficient (Wildman–Crippen LogP) is 8.43. The highest BCUT2D eigenvalue weighted by atomic mass is 35.7. The van der Waals surface area contributed by atoms with Crippen molar-refractivity contribution >= 4 is 22.7 Å². The van der Waals surface area contributed by atoms with Gasteiger partial charge in [0.05, 0.1) is 14.9 Å². The van der Waals surface area contributed by atoms with Gasteiger partial charge in [-0.1, -0.05) is 166 Å². The van der Waals surface area contributed by atoms with Gasteiger partial charge >= 0.3 is 0 Å². The van der Waals surface area contributed by atoms with Gasteiger partial charge in [-0.2, -0.15) is 14.0 Å². The van der Waals surface area contributed by atoms with Gasteiger partial charge < -0.3 is 9.47 Å². The second kappa shape index (κ2) is 17.5. The first-order valence-corrected chi connectivity index (χ1v) is 20.2. The molecule has 0 saturated heterocycles. The summed E-state index contributed by atoms with van der Waals surface area (Å²) in [5.74, 6) is 3.90. The summed E-state index contributed by atoms with van der Waals surface area (Å²) in [6.45, 7) is 4.70. The fourth-order valence-corrected chi connectivity index (χ4v) is 7.94. The Kier molecular flexibility index (Phi) is 12.2. The zero-order chi connectivity index (χ0) is 39.1. The van der Waals surface area contributed by atoms with Crippen LogP contribution in [0.1, 0.15) is 61.8 Å². The van der Waals surface area contributed by atoms with Crippen molar-refractivity contribution in [3.63, 3.8) is 0 Å². The molecule has 0 bridgehead atoms. The summed E-state index contributed by atoms with van der Waals surface area (Å²) in [7, 11) is -4.69. The summed E-state index contributed by atoms with van der Waals surface area (Å²) in [4.78, 5) is 0. The van der Waals surface area contributed by atoms with E-state index < -0.39 is 10.2 Å². The molecule has 2 aliphatic heterocycles. The number of hydrogen-bond acceptors (Lipinski definition) is 6. The largest absolute Gasteiger partial charge is 0.481 e. The molecule has 0 amide bonds. The Balaban J connectivity index is 0.000000905. The van der Waals surface area contributed by atoms with Gasteiger partial charge in [0.2, 0.25) is 0 Å². The summed E-state index contributed by atoms with van der Waals surface area (Å²) in [6, 6.07) is 42.5. The van der Waals surface area contributed by atoms with Crippen LogP contribution < -0.4 is 14.0 Å². The molecule has 3 atom stereocenters. The van der Waals surface area contributed by atoms with E-state index in [4.69, 9.17) is 28.1 Å². The van der Waals surface area contributed by atoms with Crippen LogP contribution in [0.5, 0.6) is 0 Å². The molecule has 8 rings (SSSR count). The van der Waals surface area contributed by atoms with Crippen LogP contribution in [-0.4, -0.2) is 10.8 Å². The monoisotopic (exact) mass is 764 g/mol. The van der Waals surface area contributed by atoms with Gasteiger partial charge in [-0.15, -0.1) is 0 Å². The van der Waals surface area contributed by atoms with Gasteiger partial charge in [-0.25, -0.2) is 0 Å². The molecule has 0 radical (unpaired) electrons. The van der Waals surface area contributed by atoms with Crippen LogP contribution in [0.15, 0.2) is 192 Å². The van der Waals surface area contributed by atoms with Crippen LogP contribution in [0.3, 0.4) is 0 Å². The van der Waals surface area contributed by atoms with Gasteiger partial charge in [-0.3, -0.25) is 0 Å². The zero-order valence-corrected chi connectivity index (χ0v) is 32.3. The van der Waals surface area contributed by atoms with Crippen molar-refractivity contribution in [2.75, 3.05) is 0 Å². The van der Waals surface area contributed by atoms with Crippen molar-refractivity contribution in [1.29, 1.82) is 0 Å². The molecule has 7 heteroatoms. The van der Waals surface area contributed by atoms with E-state index in [1.807, 2.05) is 0 Å². The van der Waals surface area contributed by atoms with Crippen molar-refractivity contribution < 1.29 is 38.4 Å². The predicted molar refractivity (Wildman–Crippen MR) is 214 cm³/mol. The van der Waals surface area contributed by atoms with Crippen LogP contribution >= 0.6 is 0 Å². The molecule has 6 nitrogen and oxygen atoms in total. The standard InChI is InChI=1S/C49H44O2.ClHO4/c1-34-28-40(48-44(30-34)42(36-18-8-3-9-19-36)32-46(50-48)38-22-12-5-13-23-38)26-16-7-17-27-41-29-35(2)31-45-43(37-20-10-4-11-21-37)33-47(51-49(41)45)39-24-14-6-15-25-39;2-1(3,4)5/h3-27,32-35,48H,28-31H2,1-2H3;(H,2,3,4,5)/b16-7+,27-17+,40-26-;. The molecule has 4 aromatic rings. The van der Waals surface area contributed by atoms with E-state index in [1.165, 1.54) is 44.6 Å². The van der Waals surface area contributed by atoms with Crippen LogP contribution in [-0.2, 0) is 9.47 Å². The summed E-state index contributed by atoms with van der Waals surface area (Å²) < 4.78 is 46.4. The van der Waals surface area contributed by atoms with E-state index in [0.29, 0.717) is 11.8 Å². The Morgan fingerprint density at radius 2 is 1.09 bits per heavy atom. The van der Waals surface area contributed by atoms with Gasteiger partial charge in [0, 0.05) is 16.7 Å². The van der Waals surface area contributed by atoms with Crippen LogP contribution in [0, 0.1) is 22.1 Å². The summed E-state index contributed by atoms with van der Waals surface area (Å²) >= 11 is 0. The van der Waals surface area contributed by atoms with E-state index in [0.717, 1.165) is 54.1 Å². The first kappa shape index (κ1) is 38.8. The fraction of sp³-hybridized carbons (Fsp3) is 0.184. The first-order valence-electron chi connectivity index (χ1n) is 19.0. The molecular formula is C49H45ClO6. The van der Waals surface area contributed by atoms with Crippen molar-refractivity contribution in [2.45, 2.75) is 45.6 Å². The molecule has 4 aliphatic rings. The average molecular weight is 765 g/mol. The van der Waals surface area contributed by atoms with Crippen LogP contribution in [0.25, 0.3) is 22.7 Å². The van der Waals surface area contributed by atoms with Crippen LogP contribution in [0.4, 0.5) is 0 Å². The maximum absolute atomic E-state index is 8.60. The van der Waals surface area contributed by atoms with Crippen LogP contribution in [0.2, 0.25) is 0 Å². The molecule has 1 fully saturated rings. The normalized spacial score (nSPS) is 21.8. The molecule has 1 saturated carbocycles. The van der Waals surface area contributed by atoms with Gasteiger partial charge in [-0.05, 0) is 88.7 Å². The summed E-state index contributed by atoms with van der Waals surface area (Å²) in [6.07, 6.45) is 19.5. The number of allylic oxidation sites excluding steroid dienone is 11. The molecule has 284 valence electrons. The molecule has 2 heterocycles. The number of hydrogen-bond donors (Lipinski definition) is 1. The highest BCUT2D eigenvalue weighted by molar-refractivity contribution is 5.89. The van der Waals surface area contributed by atoms with Gasteiger partial charge in [0.15, 0.2) is 0 Å². The lowest BCUT2D eigenvalue weighted by atomic mass is 9.76. The number of benzene rings is 4. The number of ether oxygens (including phenoxy) is 2. The minimum absolute atomic E-state index is 0.0719. The third kappa shape index (κ3) is 9.66. The molecule has 0 spiro atoms. The molecule has 4 aromatic carbocycles. The number of halogens is 1. The smallest absolute Gasteiger partial charge is 0.142 e. The minimum Gasteiger partial charge on any atom is -0.481 e. The Morgan fingerprint density at radius 3 is 1.68 bits per heavy atom. The maximum atomic E-state index is 8.60. The SMILES string of the molecule is CC1CC(/C=C/C=C/C=C2/CC(C)CC3=C(c4ccccc4)C=C(c4ccccc4)OC32)=C2OC(c3ccccc3)=CC(c3ccccc3)=C2C1.[O-][Cl+3]([O-])([O-])O. The Morgan fingerprint density at radius 1 is 0.589 bits per heavy atom. The summed E-state index contributed by atoms with van der Waals surface area (Å²) in [5.41, 5.74) is 12.5. The zero-order valence-electron chi connectivity index (χ0n) is 31.5. The highest BCUT2D eigenvalue weighted by Gasteiger charge is 2.35. The van der Waals surface area contributed by atoms with E-state index in [-0.39, 0.29) is 6.10 Å². The Hall–Kier alpha value is -5.47. The van der Waals surface area contributed by atoms with E-state index in [2.05, 4.69) is 178 Å². The Bertz CT molecular complexity index is 2250. The van der Waals surface area contributed by atoms with Gasteiger partial charge in [0.25, 0.3) is 0 Å². The second-order valence-corrected chi connectivity index (χ2v) is 15.5. The molecule has 1 N–H and O–H groups in total. The topological polar surface area (TPSA) is 108 Å². The molecule has 56 heavy (non-hydrogen) atoms. The van der Waals surface area contributed by atoms with Crippen molar-refractivity contribution in [3.05, 3.63) is 214 Å². The number of fused-ring (bicyclic) bond motifs is 2. The fourth-order valence-electron chi connectivity index (χ4n) is 7.94. The lowest BCUT2D eigenvalue weighted by Crippen LogP contribution is -2.58. The maximum Gasteiger partial charge on any atom is 0.142 e. The lowest BCUT2D eigenvalue weighted by Gasteiger charge is -2.37. The second-order valence-electron chi connectivity index (χ2n) is 14.7.